The first-order valence-corrected chi connectivity index (χ1v) is 11.2. The van der Waals surface area contributed by atoms with Crippen LogP contribution in [0.4, 0.5) is 0 Å². The van der Waals surface area contributed by atoms with Crippen molar-refractivity contribution in [2.75, 3.05) is 0 Å². The highest BCUT2D eigenvalue weighted by Crippen LogP contribution is 2.28. The maximum absolute atomic E-state index is 13.0. The fourth-order valence-electron chi connectivity index (χ4n) is 3.55. The summed E-state index contributed by atoms with van der Waals surface area (Å²) in [5, 5.41) is 0. The van der Waals surface area contributed by atoms with Crippen LogP contribution in [0.1, 0.15) is 40.9 Å². The Kier molecular flexibility index (Phi) is 7.36. The number of allylic oxidation sites excluding steroid dienone is 2. The molecular formula is C31H26O3. The van der Waals surface area contributed by atoms with Gasteiger partial charge in [-0.2, -0.15) is 0 Å². The molecule has 3 nitrogen and oxygen atoms in total. The van der Waals surface area contributed by atoms with Crippen molar-refractivity contribution in [1.82, 2.24) is 0 Å². The molecule has 0 aromatic heterocycles. The summed E-state index contributed by atoms with van der Waals surface area (Å²) in [6, 6.07) is 30.1. The molecule has 168 valence electrons. The second kappa shape index (κ2) is 11.0. The molecule has 0 atom stereocenters. The van der Waals surface area contributed by atoms with Gasteiger partial charge >= 0.3 is 0 Å². The van der Waals surface area contributed by atoms with Crippen LogP contribution in [0, 0.1) is 0 Å². The van der Waals surface area contributed by atoms with Gasteiger partial charge in [-0.15, -0.1) is 0 Å². The van der Waals surface area contributed by atoms with E-state index in [0.717, 1.165) is 22.6 Å². The van der Waals surface area contributed by atoms with E-state index < -0.39 is 0 Å². The minimum Gasteiger partial charge on any atom is -0.457 e. The zero-order valence-electron chi connectivity index (χ0n) is 19.3. The summed E-state index contributed by atoms with van der Waals surface area (Å²) in [5.74, 6) is 2.84. The van der Waals surface area contributed by atoms with E-state index in [-0.39, 0.29) is 5.78 Å². The lowest BCUT2D eigenvalue weighted by Crippen LogP contribution is -2.01. The van der Waals surface area contributed by atoms with Gasteiger partial charge in [-0.25, -0.2) is 0 Å². The SMILES string of the molecule is C/C=C/c1ccccc1Oc1ccc(C(=O)c2ccc(Oc3ccccc3/C=C/C)cc2)cc1. The zero-order chi connectivity index (χ0) is 23.8. The monoisotopic (exact) mass is 446 g/mol. The van der Waals surface area contributed by atoms with Crippen LogP contribution in [-0.4, -0.2) is 5.78 Å². The number of ether oxygens (including phenoxy) is 2. The summed E-state index contributed by atoms with van der Waals surface area (Å²) in [7, 11) is 0. The van der Waals surface area contributed by atoms with Gasteiger partial charge in [-0.05, 0) is 74.5 Å². The van der Waals surface area contributed by atoms with Crippen LogP contribution in [0.2, 0.25) is 0 Å². The highest BCUT2D eigenvalue weighted by Gasteiger charge is 2.11. The molecule has 0 bridgehead atoms. The van der Waals surface area contributed by atoms with Crippen molar-refractivity contribution in [2.45, 2.75) is 13.8 Å². The van der Waals surface area contributed by atoms with E-state index in [1.165, 1.54) is 0 Å². The Hall–Kier alpha value is -4.37. The Morgan fingerprint density at radius 2 is 0.941 bits per heavy atom. The van der Waals surface area contributed by atoms with E-state index in [1.807, 2.05) is 111 Å². The standard InChI is InChI=1S/C31H26O3/c1-3-9-23-11-5-7-13-29(23)33-27-19-15-25(16-20-27)31(32)26-17-21-28(22-18-26)34-30-14-8-6-12-24(30)10-4-2/h3-22H,1-2H3/b9-3+,10-4+. The Balaban J connectivity index is 1.45. The van der Waals surface area contributed by atoms with E-state index >= 15 is 0 Å². The fourth-order valence-corrected chi connectivity index (χ4v) is 3.55. The number of rotatable bonds is 8. The Bertz CT molecular complexity index is 1210. The van der Waals surface area contributed by atoms with Crippen molar-refractivity contribution < 1.29 is 14.3 Å². The molecule has 0 unspecified atom stereocenters. The first kappa shape index (κ1) is 22.8. The van der Waals surface area contributed by atoms with E-state index in [4.69, 9.17) is 9.47 Å². The minimum absolute atomic E-state index is 0.0540. The number of carbonyl (C=O) groups excluding carboxylic acids is 1. The first-order valence-electron chi connectivity index (χ1n) is 11.2. The lowest BCUT2D eigenvalue weighted by molar-refractivity contribution is 0.103. The van der Waals surface area contributed by atoms with Crippen molar-refractivity contribution in [1.29, 1.82) is 0 Å². The second-order valence-corrected chi connectivity index (χ2v) is 7.66. The third-order valence-electron chi connectivity index (χ3n) is 5.22. The molecule has 0 aliphatic heterocycles. The van der Waals surface area contributed by atoms with Gasteiger partial charge in [0.25, 0.3) is 0 Å². The molecule has 0 amide bonds. The van der Waals surface area contributed by atoms with Gasteiger partial charge in [0.2, 0.25) is 0 Å². The van der Waals surface area contributed by atoms with Crippen LogP contribution in [0.15, 0.2) is 109 Å². The first-order chi connectivity index (χ1) is 16.7. The van der Waals surface area contributed by atoms with Crippen molar-refractivity contribution in [2.24, 2.45) is 0 Å². The molecule has 0 spiro atoms. The maximum atomic E-state index is 13.0. The summed E-state index contributed by atoms with van der Waals surface area (Å²) >= 11 is 0. The molecule has 0 aliphatic carbocycles. The van der Waals surface area contributed by atoms with Crippen LogP contribution in [0.5, 0.6) is 23.0 Å². The van der Waals surface area contributed by atoms with Crippen molar-refractivity contribution in [3.63, 3.8) is 0 Å². The van der Waals surface area contributed by atoms with E-state index in [9.17, 15) is 4.79 Å². The number of para-hydroxylation sites is 2. The van der Waals surface area contributed by atoms with Crippen molar-refractivity contribution in [3.8, 4) is 23.0 Å². The van der Waals surface area contributed by atoms with Crippen molar-refractivity contribution >= 4 is 17.9 Å². The second-order valence-electron chi connectivity index (χ2n) is 7.66. The quantitative estimate of drug-likeness (QED) is 0.254. The van der Waals surface area contributed by atoms with Crippen LogP contribution in [0.3, 0.4) is 0 Å². The summed E-state index contributed by atoms with van der Waals surface area (Å²) in [5.41, 5.74) is 3.20. The Labute approximate surface area is 200 Å². The zero-order valence-corrected chi connectivity index (χ0v) is 19.3. The molecule has 0 N–H and O–H groups in total. The molecule has 0 saturated carbocycles. The lowest BCUT2D eigenvalue weighted by atomic mass is 10.0. The van der Waals surface area contributed by atoms with Crippen LogP contribution >= 0.6 is 0 Å². The smallest absolute Gasteiger partial charge is 0.193 e. The van der Waals surface area contributed by atoms with Gasteiger partial charge in [0.05, 0.1) is 0 Å². The van der Waals surface area contributed by atoms with Crippen LogP contribution in [0.25, 0.3) is 12.2 Å². The topological polar surface area (TPSA) is 35.5 Å². The molecule has 3 heteroatoms. The summed E-state index contributed by atoms with van der Waals surface area (Å²) in [4.78, 5) is 13.0. The van der Waals surface area contributed by atoms with Gasteiger partial charge < -0.3 is 9.47 Å². The molecule has 0 aliphatic rings. The average Bonchev–Trinajstić information content (AvgIpc) is 2.87. The number of hydrogen-bond acceptors (Lipinski definition) is 3. The molecule has 4 aromatic rings. The molecule has 34 heavy (non-hydrogen) atoms. The lowest BCUT2D eigenvalue weighted by Gasteiger charge is -2.10. The molecule has 0 saturated heterocycles. The Morgan fingerprint density at radius 1 is 0.559 bits per heavy atom. The fraction of sp³-hybridized carbons (Fsp3) is 0.0645. The van der Waals surface area contributed by atoms with Gasteiger partial charge in [-0.1, -0.05) is 60.7 Å². The summed E-state index contributed by atoms with van der Waals surface area (Å²) in [6.45, 7) is 3.94. The van der Waals surface area contributed by atoms with E-state index in [1.54, 1.807) is 24.3 Å². The highest BCUT2D eigenvalue weighted by atomic mass is 16.5. The van der Waals surface area contributed by atoms with E-state index in [2.05, 4.69) is 0 Å². The number of hydrogen-bond donors (Lipinski definition) is 0. The normalized spacial score (nSPS) is 11.1. The van der Waals surface area contributed by atoms with Gasteiger partial charge in [0.15, 0.2) is 5.78 Å². The molecular weight excluding hydrogens is 420 g/mol. The van der Waals surface area contributed by atoms with Gasteiger partial charge in [0.1, 0.15) is 23.0 Å². The molecule has 4 aromatic carbocycles. The third kappa shape index (κ3) is 5.51. The molecule has 0 fully saturated rings. The number of carbonyl (C=O) groups is 1. The molecule has 4 rings (SSSR count). The predicted molar refractivity (Wildman–Crippen MR) is 139 cm³/mol. The number of benzene rings is 4. The highest BCUT2D eigenvalue weighted by molar-refractivity contribution is 6.09. The number of ketones is 1. The van der Waals surface area contributed by atoms with Gasteiger partial charge in [-0.3, -0.25) is 4.79 Å². The third-order valence-corrected chi connectivity index (χ3v) is 5.22. The van der Waals surface area contributed by atoms with Crippen LogP contribution < -0.4 is 9.47 Å². The maximum Gasteiger partial charge on any atom is 0.193 e. The average molecular weight is 447 g/mol. The Morgan fingerprint density at radius 3 is 1.32 bits per heavy atom. The molecule has 0 radical (unpaired) electrons. The van der Waals surface area contributed by atoms with Gasteiger partial charge in [0, 0.05) is 22.3 Å². The minimum atomic E-state index is -0.0540. The largest absolute Gasteiger partial charge is 0.457 e. The summed E-state index contributed by atoms with van der Waals surface area (Å²) in [6.07, 6.45) is 7.95. The molecule has 0 heterocycles. The summed E-state index contributed by atoms with van der Waals surface area (Å²) < 4.78 is 12.0. The van der Waals surface area contributed by atoms with E-state index in [0.29, 0.717) is 22.6 Å². The predicted octanol–water partition coefficient (Wildman–Crippen LogP) is 8.57. The van der Waals surface area contributed by atoms with Crippen LogP contribution in [-0.2, 0) is 0 Å². The van der Waals surface area contributed by atoms with Crippen molar-refractivity contribution in [3.05, 3.63) is 131 Å².